The molecule has 0 radical (unpaired) electrons. The third-order valence-electron chi connectivity index (χ3n) is 3.28. The Balaban J connectivity index is 2.15. The van der Waals surface area contributed by atoms with Crippen LogP contribution in [0, 0.1) is 6.92 Å². The lowest BCUT2D eigenvalue weighted by atomic mass is 10.1. The van der Waals surface area contributed by atoms with E-state index in [0.29, 0.717) is 6.04 Å². The van der Waals surface area contributed by atoms with E-state index in [4.69, 9.17) is 0 Å². The van der Waals surface area contributed by atoms with Crippen LogP contribution in [-0.2, 0) is 0 Å². The summed E-state index contributed by atoms with van der Waals surface area (Å²) in [5, 5.41) is 3.28. The number of carbonyl (C=O) groups is 1. The number of rotatable bonds is 2. The molecule has 86 valence electrons. The molecule has 1 atom stereocenters. The highest BCUT2D eigenvalue weighted by Gasteiger charge is 2.24. The standard InChI is InChI=1S/C13H18N2O/c1-10-5-3-4-6-12(10)13(16)15(2)11-7-8-14-9-11/h3-6,11,14H,7-9H2,1-2H3/t11-/m0/s1. The van der Waals surface area contributed by atoms with Gasteiger partial charge in [0, 0.05) is 25.2 Å². The molecule has 1 aromatic rings. The molecule has 0 aliphatic carbocycles. The number of hydrogen-bond acceptors (Lipinski definition) is 2. The Bertz CT molecular complexity index is 383. The summed E-state index contributed by atoms with van der Waals surface area (Å²) < 4.78 is 0. The number of carbonyl (C=O) groups excluding carboxylic acids is 1. The summed E-state index contributed by atoms with van der Waals surface area (Å²) in [6.45, 7) is 3.90. The van der Waals surface area contributed by atoms with Gasteiger partial charge in [0.15, 0.2) is 0 Å². The van der Waals surface area contributed by atoms with E-state index in [1.54, 1.807) is 0 Å². The highest BCUT2D eigenvalue weighted by atomic mass is 16.2. The van der Waals surface area contributed by atoms with Crippen molar-refractivity contribution in [2.75, 3.05) is 20.1 Å². The van der Waals surface area contributed by atoms with Crippen LogP contribution in [0.2, 0.25) is 0 Å². The molecule has 1 aliphatic rings. The van der Waals surface area contributed by atoms with Crippen LogP contribution in [0.3, 0.4) is 0 Å². The fourth-order valence-corrected chi connectivity index (χ4v) is 2.14. The Morgan fingerprint density at radius 1 is 1.44 bits per heavy atom. The molecule has 1 aromatic carbocycles. The van der Waals surface area contributed by atoms with E-state index in [0.717, 1.165) is 30.6 Å². The first-order valence-corrected chi connectivity index (χ1v) is 5.73. The van der Waals surface area contributed by atoms with Crippen molar-refractivity contribution in [3.05, 3.63) is 35.4 Å². The second kappa shape index (κ2) is 4.66. The highest BCUT2D eigenvalue weighted by molar-refractivity contribution is 5.95. The summed E-state index contributed by atoms with van der Waals surface area (Å²) in [5.41, 5.74) is 1.86. The van der Waals surface area contributed by atoms with E-state index >= 15 is 0 Å². The Labute approximate surface area is 96.5 Å². The molecule has 3 nitrogen and oxygen atoms in total. The molecule has 1 N–H and O–H groups in total. The molecule has 16 heavy (non-hydrogen) atoms. The van der Waals surface area contributed by atoms with Gasteiger partial charge in [0.05, 0.1) is 0 Å². The predicted octanol–water partition coefficient (Wildman–Crippen LogP) is 1.43. The van der Waals surface area contributed by atoms with Gasteiger partial charge in [0.2, 0.25) is 0 Å². The normalized spacial score (nSPS) is 19.8. The molecular formula is C13H18N2O. The van der Waals surface area contributed by atoms with Crippen LogP contribution in [0.15, 0.2) is 24.3 Å². The fourth-order valence-electron chi connectivity index (χ4n) is 2.14. The van der Waals surface area contributed by atoms with Gasteiger partial charge in [-0.15, -0.1) is 0 Å². The number of benzene rings is 1. The zero-order chi connectivity index (χ0) is 11.5. The molecule has 0 aromatic heterocycles. The Morgan fingerprint density at radius 2 is 2.19 bits per heavy atom. The quantitative estimate of drug-likeness (QED) is 0.814. The zero-order valence-corrected chi connectivity index (χ0v) is 9.86. The Hall–Kier alpha value is -1.35. The first-order chi connectivity index (χ1) is 7.70. The number of hydrogen-bond donors (Lipinski definition) is 1. The van der Waals surface area contributed by atoms with Crippen molar-refractivity contribution in [1.82, 2.24) is 10.2 Å². The molecule has 1 aliphatic heterocycles. The summed E-state index contributed by atoms with van der Waals surface area (Å²) in [6, 6.07) is 8.10. The smallest absolute Gasteiger partial charge is 0.254 e. The maximum Gasteiger partial charge on any atom is 0.254 e. The van der Waals surface area contributed by atoms with E-state index in [1.165, 1.54) is 0 Å². The molecule has 1 heterocycles. The van der Waals surface area contributed by atoms with Gasteiger partial charge in [-0.3, -0.25) is 4.79 Å². The summed E-state index contributed by atoms with van der Waals surface area (Å²) >= 11 is 0. The number of nitrogens with zero attached hydrogens (tertiary/aromatic N) is 1. The maximum atomic E-state index is 12.3. The monoisotopic (exact) mass is 218 g/mol. The second-order valence-electron chi connectivity index (χ2n) is 4.38. The van der Waals surface area contributed by atoms with E-state index < -0.39 is 0 Å². The van der Waals surface area contributed by atoms with Gasteiger partial charge in [0.1, 0.15) is 0 Å². The van der Waals surface area contributed by atoms with Crippen LogP contribution in [0.4, 0.5) is 0 Å². The van der Waals surface area contributed by atoms with Crippen molar-refractivity contribution < 1.29 is 4.79 Å². The minimum absolute atomic E-state index is 0.131. The van der Waals surface area contributed by atoms with Crippen molar-refractivity contribution in [2.45, 2.75) is 19.4 Å². The van der Waals surface area contributed by atoms with Crippen LogP contribution in [0.25, 0.3) is 0 Å². The van der Waals surface area contributed by atoms with Gasteiger partial charge in [0.25, 0.3) is 5.91 Å². The topological polar surface area (TPSA) is 32.3 Å². The Morgan fingerprint density at radius 3 is 2.81 bits per heavy atom. The largest absolute Gasteiger partial charge is 0.337 e. The lowest BCUT2D eigenvalue weighted by Crippen LogP contribution is -2.38. The van der Waals surface area contributed by atoms with Crippen LogP contribution in [0.5, 0.6) is 0 Å². The lowest BCUT2D eigenvalue weighted by Gasteiger charge is -2.24. The third kappa shape index (κ3) is 2.09. The van der Waals surface area contributed by atoms with Gasteiger partial charge in [-0.25, -0.2) is 0 Å². The van der Waals surface area contributed by atoms with E-state index in [2.05, 4.69) is 5.32 Å². The van der Waals surface area contributed by atoms with Crippen molar-refractivity contribution in [3.8, 4) is 0 Å². The fraction of sp³-hybridized carbons (Fsp3) is 0.462. The average molecular weight is 218 g/mol. The minimum atomic E-state index is 0.131. The molecule has 1 fully saturated rings. The summed E-state index contributed by atoms with van der Waals surface area (Å²) in [6.07, 6.45) is 1.05. The van der Waals surface area contributed by atoms with Gasteiger partial charge in [-0.05, 0) is 31.5 Å². The number of amides is 1. The molecule has 0 unspecified atom stereocenters. The van der Waals surface area contributed by atoms with Gasteiger partial charge in [-0.1, -0.05) is 18.2 Å². The molecule has 2 rings (SSSR count). The molecule has 0 spiro atoms. The van der Waals surface area contributed by atoms with Gasteiger partial charge < -0.3 is 10.2 Å². The van der Waals surface area contributed by atoms with E-state index in [9.17, 15) is 4.79 Å². The van der Waals surface area contributed by atoms with Gasteiger partial charge in [-0.2, -0.15) is 0 Å². The number of aryl methyl sites for hydroxylation is 1. The van der Waals surface area contributed by atoms with Crippen LogP contribution in [-0.4, -0.2) is 37.0 Å². The molecule has 0 bridgehead atoms. The average Bonchev–Trinajstić information content (AvgIpc) is 2.81. The van der Waals surface area contributed by atoms with Crippen LogP contribution < -0.4 is 5.32 Å². The van der Waals surface area contributed by atoms with Crippen LogP contribution in [0.1, 0.15) is 22.3 Å². The van der Waals surface area contributed by atoms with E-state index in [1.807, 2.05) is 43.1 Å². The minimum Gasteiger partial charge on any atom is -0.337 e. The molecule has 1 amide bonds. The number of likely N-dealkylation sites (N-methyl/N-ethyl adjacent to an activating group) is 1. The van der Waals surface area contributed by atoms with Crippen molar-refractivity contribution in [3.63, 3.8) is 0 Å². The highest BCUT2D eigenvalue weighted by Crippen LogP contribution is 2.14. The predicted molar refractivity (Wildman–Crippen MR) is 64.5 cm³/mol. The third-order valence-corrected chi connectivity index (χ3v) is 3.28. The number of nitrogens with one attached hydrogen (secondary N) is 1. The second-order valence-corrected chi connectivity index (χ2v) is 4.38. The summed E-state index contributed by atoms with van der Waals surface area (Å²) in [7, 11) is 1.90. The molecule has 1 saturated heterocycles. The Kier molecular flexibility index (Phi) is 3.25. The molecule has 3 heteroatoms. The zero-order valence-electron chi connectivity index (χ0n) is 9.86. The van der Waals surface area contributed by atoms with Crippen molar-refractivity contribution in [1.29, 1.82) is 0 Å². The van der Waals surface area contributed by atoms with Crippen LogP contribution >= 0.6 is 0 Å². The first-order valence-electron chi connectivity index (χ1n) is 5.73. The maximum absolute atomic E-state index is 12.3. The first kappa shape index (κ1) is 11.1. The van der Waals surface area contributed by atoms with E-state index in [-0.39, 0.29) is 5.91 Å². The SMILES string of the molecule is Cc1ccccc1C(=O)N(C)[C@H]1CCNC1. The summed E-state index contributed by atoms with van der Waals surface area (Å²) in [4.78, 5) is 14.1. The molecular weight excluding hydrogens is 200 g/mol. The van der Waals surface area contributed by atoms with Crippen molar-refractivity contribution in [2.24, 2.45) is 0 Å². The lowest BCUT2D eigenvalue weighted by molar-refractivity contribution is 0.0743. The summed E-state index contributed by atoms with van der Waals surface area (Å²) in [5.74, 6) is 0.131. The van der Waals surface area contributed by atoms with Crippen molar-refractivity contribution >= 4 is 5.91 Å². The molecule has 0 saturated carbocycles. The van der Waals surface area contributed by atoms with Gasteiger partial charge >= 0.3 is 0 Å².